The van der Waals surface area contributed by atoms with Crippen LogP contribution in [0.1, 0.15) is 5.56 Å². The van der Waals surface area contributed by atoms with Crippen molar-refractivity contribution in [3.8, 4) is 17.2 Å². The summed E-state index contributed by atoms with van der Waals surface area (Å²) in [4.78, 5) is 29.9. The maximum absolute atomic E-state index is 12.6. The lowest BCUT2D eigenvalue weighted by atomic mass is 10.1. The highest BCUT2D eigenvalue weighted by molar-refractivity contribution is 6.02. The third-order valence-corrected chi connectivity index (χ3v) is 5.75. The molecule has 3 amide bonds. The Kier molecular flexibility index (Phi) is 4.72. The number of aromatic nitrogens is 1. The summed E-state index contributed by atoms with van der Waals surface area (Å²) in [6, 6.07) is 18.0. The standard InChI is InChI=1S/C25H20N4O5/c30-24-13-32-22-11-18(28-25(31)27-17-3-2-16-7-8-26-19(16)10-17)4-5-20(22)29(24)12-15-1-6-21-23(9-15)34-14-33-21/h1-11,26H,12-14H2,(H2,27,28,31). The molecule has 34 heavy (non-hydrogen) atoms. The van der Waals surface area contributed by atoms with Gasteiger partial charge in [-0.25, -0.2) is 4.79 Å². The molecule has 9 heteroatoms. The predicted octanol–water partition coefficient (Wildman–Crippen LogP) is 4.47. The molecule has 0 fully saturated rings. The van der Waals surface area contributed by atoms with Crippen LogP contribution in [0, 0.1) is 0 Å². The third kappa shape index (κ3) is 3.73. The van der Waals surface area contributed by atoms with E-state index in [2.05, 4.69) is 15.6 Å². The summed E-state index contributed by atoms with van der Waals surface area (Å²) in [7, 11) is 0. The zero-order valence-electron chi connectivity index (χ0n) is 18.0. The van der Waals surface area contributed by atoms with Gasteiger partial charge < -0.3 is 34.7 Å². The molecular weight excluding hydrogens is 436 g/mol. The Morgan fingerprint density at radius 2 is 1.71 bits per heavy atom. The van der Waals surface area contributed by atoms with Gasteiger partial charge in [0, 0.05) is 29.2 Å². The largest absolute Gasteiger partial charge is 0.481 e. The molecule has 0 saturated carbocycles. The van der Waals surface area contributed by atoms with E-state index in [0.717, 1.165) is 16.5 Å². The minimum atomic E-state index is -0.380. The molecule has 0 saturated heterocycles. The number of hydrogen-bond acceptors (Lipinski definition) is 5. The summed E-state index contributed by atoms with van der Waals surface area (Å²) in [5, 5.41) is 6.70. The lowest BCUT2D eigenvalue weighted by Crippen LogP contribution is -2.38. The van der Waals surface area contributed by atoms with E-state index in [-0.39, 0.29) is 25.3 Å². The molecule has 0 aliphatic carbocycles. The molecule has 4 aromatic rings. The van der Waals surface area contributed by atoms with Crippen LogP contribution >= 0.6 is 0 Å². The Bertz CT molecular complexity index is 1430. The highest BCUT2D eigenvalue weighted by atomic mass is 16.7. The summed E-state index contributed by atoms with van der Waals surface area (Å²) in [5.41, 5.74) is 3.70. The SMILES string of the molecule is O=C(Nc1ccc2c(c1)OCC(=O)N2Cc1ccc2c(c1)OCO2)Nc1ccc2cc[nH]c2c1. The van der Waals surface area contributed by atoms with Gasteiger partial charge in [-0.2, -0.15) is 0 Å². The number of nitrogens with one attached hydrogen (secondary N) is 3. The molecule has 9 nitrogen and oxygen atoms in total. The first-order chi connectivity index (χ1) is 16.6. The number of fused-ring (bicyclic) bond motifs is 3. The number of nitrogens with zero attached hydrogens (tertiary/aromatic N) is 1. The Balaban J connectivity index is 1.17. The molecule has 0 radical (unpaired) electrons. The van der Waals surface area contributed by atoms with E-state index in [1.54, 1.807) is 23.1 Å². The van der Waals surface area contributed by atoms with Gasteiger partial charge in [0.15, 0.2) is 18.1 Å². The Morgan fingerprint density at radius 3 is 2.62 bits per heavy atom. The molecule has 0 atom stereocenters. The van der Waals surface area contributed by atoms with Crippen molar-refractivity contribution in [3.05, 3.63) is 72.4 Å². The van der Waals surface area contributed by atoms with Crippen LogP contribution in [-0.2, 0) is 11.3 Å². The van der Waals surface area contributed by atoms with Crippen molar-refractivity contribution in [1.82, 2.24) is 4.98 Å². The molecule has 0 bridgehead atoms. The van der Waals surface area contributed by atoms with Crippen LogP contribution < -0.4 is 29.7 Å². The number of H-pyrrole nitrogens is 1. The number of hydrogen-bond donors (Lipinski definition) is 3. The first-order valence-electron chi connectivity index (χ1n) is 10.7. The number of anilines is 3. The molecule has 2 aliphatic heterocycles. The van der Waals surface area contributed by atoms with Crippen LogP contribution in [0.3, 0.4) is 0 Å². The zero-order chi connectivity index (χ0) is 23.1. The fraction of sp³-hybridized carbons (Fsp3) is 0.120. The van der Waals surface area contributed by atoms with E-state index in [9.17, 15) is 9.59 Å². The van der Waals surface area contributed by atoms with Crippen LogP contribution in [0.5, 0.6) is 17.2 Å². The number of carbonyl (C=O) groups is 2. The lowest BCUT2D eigenvalue weighted by Gasteiger charge is -2.30. The summed E-state index contributed by atoms with van der Waals surface area (Å²) in [6.45, 7) is 0.478. The monoisotopic (exact) mass is 456 g/mol. The fourth-order valence-corrected chi connectivity index (χ4v) is 4.10. The second-order valence-corrected chi connectivity index (χ2v) is 8.00. The number of ether oxygens (including phenoxy) is 3. The highest BCUT2D eigenvalue weighted by Gasteiger charge is 2.27. The second kappa shape index (κ2) is 8.04. The van der Waals surface area contributed by atoms with E-state index in [1.807, 2.05) is 48.7 Å². The quantitative estimate of drug-likeness (QED) is 0.420. The predicted molar refractivity (Wildman–Crippen MR) is 127 cm³/mol. The molecule has 2 aliphatic rings. The van der Waals surface area contributed by atoms with Crippen LogP contribution in [0.15, 0.2) is 66.9 Å². The summed E-state index contributed by atoms with van der Waals surface area (Å²) in [6.07, 6.45) is 1.85. The van der Waals surface area contributed by atoms with Crippen LogP contribution in [-0.4, -0.2) is 30.3 Å². The van der Waals surface area contributed by atoms with E-state index >= 15 is 0 Å². The number of urea groups is 1. The summed E-state index contributed by atoms with van der Waals surface area (Å²) >= 11 is 0. The van der Waals surface area contributed by atoms with Crippen LogP contribution in [0.25, 0.3) is 10.9 Å². The Morgan fingerprint density at radius 1 is 0.882 bits per heavy atom. The van der Waals surface area contributed by atoms with Crippen molar-refractivity contribution in [1.29, 1.82) is 0 Å². The maximum Gasteiger partial charge on any atom is 0.323 e. The molecule has 0 unspecified atom stereocenters. The van der Waals surface area contributed by atoms with E-state index < -0.39 is 0 Å². The molecule has 3 N–H and O–H groups in total. The van der Waals surface area contributed by atoms with E-state index in [0.29, 0.717) is 40.9 Å². The van der Waals surface area contributed by atoms with Gasteiger partial charge >= 0.3 is 6.03 Å². The first kappa shape index (κ1) is 20.0. The van der Waals surface area contributed by atoms with Crippen molar-refractivity contribution in [3.63, 3.8) is 0 Å². The maximum atomic E-state index is 12.6. The molecular formula is C25H20N4O5. The minimum Gasteiger partial charge on any atom is -0.481 e. The van der Waals surface area contributed by atoms with E-state index in [1.165, 1.54) is 0 Å². The van der Waals surface area contributed by atoms with Crippen molar-refractivity contribution in [2.75, 3.05) is 28.9 Å². The molecule has 170 valence electrons. The van der Waals surface area contributed by atoms with Gasteiger partial charge in [-0.1, -0.05) is 12.1 Å². The molecule has 0 spiro atoms. The summed E-state index contributed by atoms with van der Waals surface area (Å²) in [5.74, 6) is 1.73. The molecule has 1 aromatic heterocycles. The van der Waals surface area contributed by atoms with Gasteiger partial charge in [-0.3, -0.25) is 4.79 Å². The minimum absolute atomic E-state index is 0.0800. The molecule has 6 rings (SSSR count). The van der Waals surface area contributed by atoms with Gasteiger partial charge in [-0.05, 0) is 53.4 Å². The topological polar surface area (TPSA) is 105 Å². The van der Waals surface area contributed by atoms with Crippen molar-refractivity contribution < 1.29 is 23.8 Å². The number of benzene rings is 3. The van der Waals surface area contributed by atoms with Crippen LogP contribution in [0.2, 0.25) is 0 Å². The summed E-state index contributed by atoms with van der Waals surface area (Å²) < 4.78 is 16.4. The van der Waals surface area contributed by atoms with Gasteiger partial charge in [0.1, 0.15) is 5.75 Å². The lowest BCUT2D eigenvalue weighted by molar-refractivity contribution is -0.121. The Hall–Kier alpha value is -4.66. The van der Waals surface area contributed by atoms with Crippen molar-refractivity contribution in [2.24, 2.45) is 0 Å². The number of aromatic amines is 1. The highest BCUT2D eigenvalue weighted by Crippen LogP contribution is 2.37. The smallest absolute Gasteiger partial charge is 0.323 e. The zero-order valence-corrected chi connectivity index (χ0v) is 18.0. The number of carbonyl (C=O) groups excluding carboxylic acids is 2. The third-order valence-electron chi connectivity index (χ3n) is 5.75. The average Bonchev–Trinajstić information content (AvgIpc) is 3.49. The van der Waals surface area contributed by atoms with Gasteiger partial charge in [0.2, 0.25) is 6.79 Å². The van der Waals surface area contributed by atoms with Gasteiger partial charge in [0.05, 0.1) is 12.2 Å². The second-order valence-electron chi connectivity index (χ2n) is 8.00. The van der Waals surface area contributed by atoms with Crippen molar-refractivity contribution in [2.45, 2.75) is 6.54 Å². The van der Waals surface area contributed by atoms with E-state index in [4.69, 9.17) is 14.2 Å². The number of amides is 3. The molecule has 3 aromatic carbocycles. The first-order valence-corrected chi connectivity index (χ1v) is 10.7. The van der Waals surface area contributed by atoms with Gasteiger partial charge in [-0.15, -0.1) is 0 Å². The molecule has 3 heterocycles. The Labute approximate surface area is 194 Å². The van der Waals surface area contributed by atoms with Crippen molar-refractivity contribution >= 4 is 39.9 Å². The van der Waals surface area contributed by atoms with Gasteiger partial charge in [0.25, 0.3) is 5.91 Å². The number of rotatable bonds is 4. The van der Waals surface area contributed by atoms with Crippen LogP contribution in [0.4, 0.5) is 21.9 Å². The normalized spacial score (nSPS) is 14.0. The average molecular weight is 456 g/mol. The fourth-order valence-electron chi connectivity index (χ4n) is 4.10.